The zero-order valence-electron chi connectivity index (χ0n) is 11.1. The minimum Gasteiger partial charge on any atom is -0.790 e. The summed E-state index contributed by atoms with van der Waals surface area (Å²) < 4.78 is 1.38. The van der Waals surface area contributed by atoms with Gasteiger partial charge in [-0.15, -0.1) is 0 Å². The van der Waals surface area contributed by atoms with Crippen molar-refractivity contribution in [3.63, 3.8) is 0 Å². The normalized spacial score (nSPS) is 10.8. The van der Waals surface area contributed by atoms with E-state index in [0.717, 1.165) is 0 Å². The molecule has 3 heteroatoms. The minimum atomic E-state index is 1.33. The third-order valence-corrected chi connectivity index (χ3v) is 2.79. The van der Waals surface area contributed by atoms with E-state index in [1.807, 2.05) is 0 Å². The van der Waals surface area contributed by atoms with E-state index in [2.05, 4.69) is 33.6 Å². The lowest BCUT2D eigenvalue weighted by molar-refractivity contribution is -0.928. The molecule has 15 heavy (non-hydrogen) atoms. The van der Waals surface area contributed by atoms with E-state index in [9.17, 15) is 0 Å². The molecule has 0 aromatic rings. The van der Waals surface area contributed by atoms with Gasteiger partial charge in [0, 0.05) is 0 Å². The molecule has 0 saturated carbocycles. The topological polar surface area (TPSA) is 49.1 Å². The Balaban J connectivity index is 0. The van der Waals surface area contributed by atoms with Gasteiger partial charge in [0.25, 0.3) is 0 Å². The number of rotatable bonds is 8. The number of nitrogens with two attached hydrogens (primary N) is 1. The number of quaternary nitrogens is 1. The van der Waals surface area contributed by atoms with Crippen LogP contribution in [-0.4, -0.2) is 30.7 Å². The Morgan fingerprint density at radius 2 is 0.867 bits per heavy atom. The summed E-state index contributed by atoms with van der Waals surface area (Å²) in [6.45, 7) is 14.8. The zero-order chi connectivity index (χ0) is 12.2. The van der Waals surface area contributed by atoms with Crippen molar-refractivity contribution >= 4 is 0 Å². The summed E-state index contributed by atoms with van der Waals surface area (Å²) in [5.41, 5.74) is 0. The van der Waals surface area contributed by atoms with Crippen LogP contribution in [0.15, 0.2) is 0 Å². The average molecular weight is 218 g/mol. The van der Waals surface area contributed by atoms with Crippen molar-refractivity contribution in [3.8, 4) is 0 Å². The predicted molar refractivity (Wildman–Crippen MR) is 68.4 cm³/mol. The van der Waals surface area contributed by atoms with Crippen molar-refractivity contribution in [3.05, 3.63) is 5.21 Å². The molecule has 0 aromatic heterocycles. The van der Waals surface area contributed by atoms with Crippen molar-refractivity contribution < 1.29 is 4.48 Å². The van der Waals surface area contributed by atoms with Crippen LogP contribution in [0.2, 0.25) is 0 Å². The average Bonchev–Trinajstić information content (AvgIpc) is 2.22. The van der Waals surface area contributed by atoms with Crippen LogP contribution >= 0.6 is 0 Å². The molecule has 0 amide bonds. The van der Waals surface area contributed by atoms with Crippen molar-refractivity contribution in [1.29, 1.82) is 0 Å². The van der Waals surface area contributed by atoms with Gasteiger partial charge in [0.1, 0.15) is 0 Å². The summed E-state index contributed by atoms with van der Waals surface area (Å²) in [6, 6.07) is 0. The second-order valence-electron chi connectivity index (χ2n) is 4.24. The van der Waals surface area contributed by atoms with Crippen LogP contribution in [0.4, 0.5) is 0 Å². The Kier molecular flexibility index (Phi) is 13.8. The van der Waals surface area contributed by atoms with E-state index >= 15 is 0 Å². The van der Waals surface area contributed by atoms with Crippen LogP contribution in [0.25, 0.3) is 0 Å². The van der Waals surface area contributed by atoms with E-state index in [4.69, 9.17) is 5.21 Å². The van der Waals surface area contributed by atoms with Gasteiger partial charge in [-0.1, -0.05) is 27.7 Å². The van der Waals surface area contributed by atoms with E-state index in [1.54, 1.807) is 0 Å². The highest BCUT2D eigenvalue weighted by molar-refractivity contribution is 4.43. The molecule has 2 N–H and O–H groups in total. The summed E-state index contributed by atoms with van der Waals surface area (Å²) in [5, 5.41) is 7.75. The first-order chi connectivity index (χ1) is 7.24. The molecule has 0 atom stereocenters. The molecule has 0 spiro atoms. The van der Waals surface area contributed by atoms with Crippen molar-refractivity contribution in [1.82, 2.24) is 0 Å². The zero-order valence-corrected chi connectivity index (χ0v) is 11.1. The third kappa shape index (κ3) is 7.77. The smallest absolute Gasteiger partial charge is 0.0783 e. The van der Waals surface area contributed by atoms with Crippen LogP contribution in [0, 0.1) is 5.21 Å². The SMILES string of the molecule is CCC[N+](CCC)(CCC)CCC.N[O-]. The summed E-state index contributed by atoms with van der Waals surface area (Å²) in [4.78, 5) is 0. The monoisotopic (exact) mass is 218 g/mol. The lowest BCUT2D eigenvalue weighted by Crippen LogP contribution is -2.50. The van der Waals surface area contributed by atoms with Crippen LogP contribution < -0.4 is 5.90 Å². The highest BCUT2D eigenvalue weighted by atomic mass is 16.4. The molecule has 0 rings (SSSR count). The summed E-state index contributed by atoms with van der Waals surface area (Å²) in [6.07, 6.45) is 5.33. The first-order valence-corrected chi connectivity index (χ1v) is 6.33. The molecular formula is C12H30N2O. The van der Waals surface area contributed by atoms with Gasteiger partial charge in [-0.05, 0) is 25.7 Å². The Labute approximate surface area is 95.8 Å². The second kappa shape index (κ2) is 12.0. The molecule has 0 fully saturated rings. The van der Waals surface area contributed by atoms with E-state index < -0.39 is 0 Å². The summed E-state index contributed by atoms with van der Waals surface area (Å²) in [7, 11) is 0. The molecule has 0 aliphatic rings. The van der Waals surface area contributed by atoms with Gasteiger partial charge in [-0.3, -0.25) is 0 Å². The van der Waals surface area contributed by atoms with Gasteiger partial charge in [-0.2, -0.15) is 0 Å². The number of hydrogen-bond acceptors (Lipinski definition) is 2. The molecular weight excluding hydrogens is 188 g/mol. The molecule has 0 aliphatic heterocycles. The first-order valence-electron chi connectivity index (χ1n) is 6.33. The standard InChI is InChI=1S/C12H28N.H2NO/c1-5-9-13(10-6-2,11-7-3)12-8-4;1-2/h5-12H2,1-4H3;1H2/q+1;-1. The van der Waals surface area contributed by atoms with E-state index in [1.165, 1.54) is 56.3 Å². The molecule has 0 aromatic carbocycles. The van der Waals surface area contributed by atoms with Crippen LogP contribution in [0.5, 0.6) is 0 Å². The molecule has 0 saturated heterocycles. The lowest BCUT2D eigenvalue weighted by Gasteiger charge is -2.38. The van der Waals surface area contributed by atoms with Gasteiger partial charge < -0.3 is 15.6 Å². The fraction of sp³-hybridized carbons (Fsp3) is 1.00. The molecule has 3 nitrogen and oxygen atoms in total. The molecule has 0 unspecified atom stereocenters. The van der Waals surface area contributed by atoms with Gasteiger partial charge in [-0.25, -0.2) is 0 Å². The first kappa shape index (κ1) is 17.3. The van der Waals surface area contributed by atoms with Crippen molar-refractivity contribution in [2.24, 2.45) is 5.90 Å². The van der Waals surface area contributed by atoms with Gasteiger partial charge in [0.15, 0.2) is 0 Å². The maximum atomic E-state index is 7.75. The quantitative estimate of drug-likeness (QED) is 0.503. The maximum absolute atomic E-state index is 7.75. The highest BCUT2D eigenvalue weighted by Gasteiger charge is 2.22. The van der Waals surface area contributed by atoms with Gasteiger partial charge in [0.05, 0.1) is 26.2 Å². The van der Waals surface area contributed by atoms with Crippen LogP contribution in [-0.2, 0) is 0 Å². The Morgan fingerprint density at radius 3 is 1.00 bits per heavy atom. The van der Waals surface area contributed by atoms with Crippen molar-refractivity contribution in [2.45, 2.75) is 53.4 Å². The van der Waals surface area contributed by atoms with E-state index in [0.29, 0.717) is 0 Å². The summed E-state index contributed by atoms with van der Waals surface area (Å²) in [5.74, 6) is 3.25. The van der Waals surface area contributed by atoms with Crippen LogP contribution in [0.3, 0.4) is 0 Å². The fourth-order valence-electron chi connectivity index (χ4n) is 2.57. The number of nitrogens with zero attached hydrogens (tertiary/aromatic N) is 1. The Bertz CT molecular complexity index is 88.7. The molecule has 94 valence electrons. The van der Waals surface area contributed by atoms with Gasteiger partial charge in [0.2, 0.25) is 0 Å². The number of hydrogen-bond donors (Lipinski definition) is 1. The molecule has 0 bridgehead atoms. The predicted octanol–water partition coefficient (Wildman–Crippen LogP) is 2.89. The lowest BCUT2D eigenvalue weighted by atomic mass is 10.2. The minimum absolute atomic E-state index is 1.33. The summed E-state index contributed by atoms with van der Waals surface area (Å²) >= 11 is 0. The molecule has 0 aliphatic carbocycles. The molecule has 0 heterocycles. The third-order valence-electron chi connectivity index (χ3n) is 2.79. The van der Waals surface area contributed by atoms with E-state index in [-0.39, 0.29) is 0 Å². The van der Waals surface area contributed by atoms with Crippen molar-refractivity contribution in [2.75, 3.05) is 26.2 Å². The van der Waals surface area contributed by atoms with Crippen LogP contribution in [0.1, 0.15) is 53.4 Å². The fourth-order valence-corrected chi connectivity index (χ4v) is 2.57. The largest absolute Gasteiger partial charge is 0.790 e. The van der Waals surface area contributed by atoms with Gasteiger partial charge >= 0.3 is 0 Å². The second-order valence-corrected chi connectivity index (χ2v) is 4.24. The molecule has 0 radical (unpaired) electrons. The highest BCUT2D eigenvalue weighted by Crippen LogP contribution is 2.12. The maximum Gasteiger partial charge on any atom is 0.0783 e. The Hall–Kier alpha value is -0.120. The Morgan fingerprint density at radius 1 is 0.667 bits per heavy atom.